The van der Waals surface area contributed by atoms with Crippen molar-refractivity contribution in [1.82, 2.24) is 0 Å². The predicted molar refractivity (Wildman–Crippen MR) is 240 cm³/mol. The van der Waals surface area contributed by atoms with Crippen LogP contribution in [0.2, 0.25) is 0 Å². The molecule has 8 nitrogen and oxygen atoms in total. The molecule has 5 aromatic carbocycles. The topological polar surface area (TPSA) is 118 Å². The summed E-state index contributed by atoms with van der Waals surface area (Å²) in [7, 11) is 2.70. The fourth-order valence-electron chi connectivity index (χ4n) is 5.83. The molecule has 0 spiro atoms. The van der Waals surface area contributed by atoms with E-state index in [1.807, 2.05) is 139 Å². The monoisotopic (exact) mass is 939 g/mol. The molecule has 0 atom stereocenters. The van der Waals surface area contributed by atoms with Crippen LogP contribution in [-0.2, 0) is 45.2 Å². The van der Waals surface area contributed by atoms with Gasteiger partial charge in [0.2, 0.25) is 0 Å². The van der Waals surface area contributed by atoms with Crippen LogP contribution in [0, 0.1) is 6.92 Å². The normalized spacial score (nSPS) is 14.4. The van der Waals surface area contributed by atoms with E-state index >= 15 is 0 Å². The van der Waals surface area contributed by atoms with Crippen molar-refractivity contribution in [2.45, 2.75) is 81.9 Å². The molecule has 57 heavy (non-hydrogen) atoms. The number of hydrogen-bond acceptors (Lipinski definition) is 8. The molecule has 1 aliphatic heterocycles. The summed E-state index contributed by atoms with van der Waals surface area (Å²) in [6, 6.07) is 36.7. The van der Waals surface area contributed by atoms with Crippen LogP contribution in [0.4, 0.5) is 0 Å². The number of nitrogens with two attached hydrogens (primary N) is 1. The number of hydrogen-bond donors (Lipinski definition) is 1. The number of alkyl halides is 1. The van der Waals surface area contributed by atoms with E-state index in [2.05, 4.69) is 31.9 Å². The number of furan rings is 1. The summed E-state index contributed by atoms with van der Waals surface area (Å²) in [5.74, 6) is 0.713. The summed E-state index contributed by atoms with van der Waals surface area (Å²) in [4.78, 5) is 12.2. The second kappa shape index (κ2) is 19.5. The predicted octanol–water partition coefficient (Wildman–Crippen LogP) is 10.7. The number of esters is 1. The van der Waals surface area contributed by atoms with E-state index in [9.17, 15) is 13.2 Å². The minimum atomic E-state index is -3.69. The van der Waals surface area contributed by atoms with Crippen LogP contribution < -0.4 is 11.2 Å². The van der Waals surface area contributed by atoms with Crippen molar-refractivity contribution < 1.29 is 31.7 Å². The zero-order valence-electron chi connectivity index (χ0n) is 33.4. The van der Waals surface area contributed by atoms with Gasteiger partial charge < -0.3 is 24.2 Å². The first-order valence-corrected chi connectivity index (χ1v) is 22.4. The molecule has 1 fully saturated rings. The number of fused-ring (bicyclic) bond motifs is 2. The summed E-state index contributed by atoms with van der Waals surface area (Å²) in [5, 5.41) is 3.50. The Bertz CT molecular complexity index is 2350. The number of carbonyl (C=O) groups excluding carboxylic acids is 1. The minimum absolute atomic E-state index is 0.210. The van der Waals surface area contributed by atoms with Crippen molar-refractivity contribution in [2.24, 2.45) is 5.73 Å². The Labute approximate surface area is 358 Å². The van der Waals surface area contributed by atoms with Crippen LogP contribution in [0.3, 0.4) is 0 Å². The van der Waals surface area contributed by atoms with Gasteiger partial charge in [-0.05, 0) is 100 Å². The van der Waals surface area contributed by atoms with Crippen LogP contribution in [0.15, 0.2) is 129 Å². The molecule has 13 heteroatoms. The van der Waals surface area contributed by atoms with Gasteiger partial charge in [0.05, 0.1) is 34.0 Å². The fourth-order valence-corrected chi connectivity index (χ4v) is 7.88. The van der Waals surface area contributed by atoms with Crippen molar-refractivity contribution in [3.05, 3.63) is 142 Å². The maximum atomic E-state index is 12.0. The van der Waals surface area contributed by atoms with Crippen LogP contribution in [0.5, 0.6) is 0 Å². The fraction of sp³-hybridized carbons (Fsp3) is 0.295. The molecule has 1 aromatic heterocycles. The maximum absolute atomic E-state index is 12.0. The second-order valence-electron chi connectivity index (χ2n) is 14.9. The van der Waals surface area contributed by atoms with Crippen LogP contribution in [-0.4, -0.2) is 39.8 Å². The Kier molecular flexibility index (Phi) is 15.8. The number of rotatable bonds is 6. The number of ether oxygens (including phenoxy) is 1. The van der Waals surface area contributed by atoms with E-state index in [1.165, 1.54) is 18.1 Å². The SMILES string of the molecule is BrCc1cc2ccccc2o1.COC(=O)C(C)(C)c1cccc(B2OC(C)(C)C(C)(C)O2)c1.Cc1ccc2ccccc2c1S(=O)(=O)Cl.NCc1ccc(Br)cc1. The molecule has 0 unspecified atom stereocenters. The van der Waals surface area contributed by atoms with Crippen molar-refractivity contribution in [1.29, 1.82) is 0 Å². The molecule has 0 saturated carbocycles. The highest BCUT2D eigenvalue weighted by Gasteiger charge is 2.52. The summed E-state index contributed by atoms with van der Waals surface area (Å²) in [6.07, 6.45) is 0. The molecule has 0 amide bonds. The van der Waals surface area contributed by atoms with Crippen LogP contribution in [0.25, 0.3) is 21.7 Å². The van der Waals surface area contributed by atoms with Gasteiger partial charge in [-0.1, -0.05) is 123 Å². The zero-order valence-corrected chi connectivity index (χ0v) is 38.2. The Balaban J connectivity index is 0.000000178. The molecular formula is C44H49BBr2ClNO7S. The smallest absolute Gasteiger partial charge is 0.468 e. The lowest BCUT2D eigenvalue weighted by Gasteiger charge is -2.32. The Morgan fingerprint density at radius 1 is 0.842 bits per heavy atom. The minimum Gasteiger partial charge on any atom is -0.468 e. The summed E-state index contributed by atoms with van der Waals surface area (Å²) in [5.41, 5.74) is 8.49. The first-order chi connectivity index (χ1) is 26.7. The first kappa shape index (κ1) is 46.2. The molecule has 0 aliphatic carbocycles. The van der Waals surface area contributed by atoms with Crippen molar-refractivity contribution in [3.63, 3.8) is 0 Å². The summed E-state index contributed by atoms with van der Waals surface area (Å²) in [6.45, 7) is 14.1. The molecule has 1 saturated heterocycles. The molecule has 7 rings (SSSR count). The largest absolute Gasteiger partial charge is 0.494 e. The van der Waals surface area contributed by atoms with Gasteiger partial charge in [0, 0.05) is 32.5 Å². The van der Waals surface area contributed by atoms with Crippen molar-refractivity contribution in [3.8, 4) is 0 Å². The summed E-state index contributed by atoms with van der Waals surface area (Å²) < 4.78 is 46.5. The van der Waals surface area contributed by atoms with Crippen LogP contribution >= 0.6 is 42.5 Å². The quantitative estimate of drug-likeness (QED) is 0.0759. The number of carbonyl (C=O) groups is 1. The standard InChI is InChI=1S/C17H25BO4.C11H9ClO2S.C9H7BrO.C7H8BrN/c1-15(2,14(19)20-7)12-9-8-10-13(11-12)18-21-16(3,4)17(5,6)22-18;1-8-6-7-9-4-2-3-5-10(9)11(8)15(12,13)14;10-6-8-5-7-3-1-2-4-9(7)11-8;8-7-3-1-6(5-9)2-4-7/h8-11H,1-7H3;2-7H,1H3;1-5H,6H2;1-4H,5,9H2. The van der Waals surface area contributed by atoms with E-state index in [1.54, 1.807) is 25.1 Å². The third-order valence-electron chi connectivity index (χ3n) is 9.91. The van der Waals surface area contributed by atoms with E-state index in [0.717, 1.165) is 37.6 Å². The van der Waals surface area contributed by atoms with E-state index in [0.29, 0.717) is 17.5 Å². The highest BCUT2D eigenvalue weighted by atomic mass is 79.9. The molecule has 2 N–H and O–H groups in total. The third kappa shape index (κ3) is 11.8. The van der Waals surface area contributed by atoms with Gasteiger partial charge in [0.25, 0.3) is 9.05 Å². The maximum Gasteiger partial charge on any atom is 0.494 e. The van der Waals surface area contributed by atoms with E-state index in [-0.39, 0.29) is 22.1 Å². The van der Waals surface area contributed by atoms with Gasteiger partial charge in [-0.2, -0.15) is 0 Å². The zero-order chi connectivity index (χ0) is 42.2. The number of aryl methyl sites for hydroxylation is 1. The molecule has 0 radical (unpaired) electrons. The van der Waals surface area contributed by atoms with Gasteiger partial charge in [-0.25, -0.2) is 8.42 Å². The molecule has 6 aromatic rings. The lowest BCUT2D eigenvalue weighted by Crippen LogP contribution is -2.41. The molecule has 2 heterocycles. The number of benzene rings is 5. The number of halogens is 3. The average Bonchev–Trinajstić information content (AvgIpc) is 3.71. The average molecular weight is 942 g/mol. The molecule has 0 bridgehead atoms. The van der Waals surface area contributed by atoms with Gasteiger partial charge in [0.15, 0.2) is 0 Å². The number of para-hydroxylation sites is 1. The van der Waals surface area contributed by atoms with Gasteiger partial charge in [-0.3, -0.25) is 4.79 Å². The summed E-state index contributed by atoms with van der Waals surface area (Å²) >= 11 is 6.68. The Morgan fingerprint density at radius 3 is 2.00 bits per heavy atom. The Hall–Kier alpha value is -3.49. The third-order valence-corrected chi connectivity index (χ3v) is 12.5. The lowest BCUT2D eigenvalue weighted by atomic mass is 9.75. The molecule has 1 aliphatic rings. The number of methoxy groups -OCH3 is 1. The van der Waals surface area contributed by atoms with Gasteiger partial charge in [0.1, 0.15) is 11.3 Å². The van der Waals surface area contributed by atoms with Gasteiger partial charge in [-0.15, -0.1) is 0 Å². The van der Waals surface area contributed by atoms with E-state index in [4.69, 9.17) is 34.9 Å². The lowest BCUT2D eigenvalue weighted by molar-refractivity contribution is -0.146. The highest BCUT2D eigenvalue weighted by Crippen LogP contribution is 2.37. The molecular weight excluding hydrogens is 893 g/mol. The van der Waals surface area contributed by atoms with Gasteiger partial charge >= 0.3 is 13.1 Å². The van der Waals surface area contributed by atoms with Crippen LogP contribution in [0.1, 0.15) is 64.0 Å². The second-order valence-corrected chi connectivity index (χ2v) is 18.9. The first-order valence-electron chi connectivity index (χ1n) is 18.2. The van der Waals surface area contributed by atoms with Crippen molar-refractivity contribution >= 4 is 91.9 Å². The van der Waals surface area contributed by atoms with Crippen molar-refractivity contribution in [2.75, 3.05) is 7.11 Å². The Morgan fingerprint density at radius 2 is 1.44 bits per heavy atom. The van der Waals surface area contributed by atoms with E-state index < -0.39 is 21.6 Å². The molecule has 302 valence electrons. The highest BCUT2D eigenvalue weighted by molar-refractivity contribution is 9.10.